The molecule has 0 bridgehead atoms. The van der Waals surface area contributed by atoms with E-state index < -0.39 is 0 Å². The number of carbonyl (C=O) groups excluding carboxylic acids is 2. The molecular formula is C22H25N5O2S2. The molecule has 0 atom stereocenters. The molecule has 4 rings (SSSR count). The number of hydrogen-bond acceptors (Lipinski definition) is 5. The minimum atomic E-state index is -0.0410. The summed E-state index contributed by atoms with van der Waals surface area (Å²) >= 11 is 6.93. The standard InChI is InChI=1S/C22H25N5O2S2/c28-19(10-13-27-20(24-25-22(27)30)18-7-4-14-31-18)26-11-8-17(9-12-26)21(29)23-15-16-5-2-1-3-6-16/h1-7,14,17H,8-13,15H2,(H,23,29)(H,25,30). The van der Waals surface area contributed by atoms with Crippen molar-refractivity contribution in [2.45, 2.75) is 32.4 Å². The Morgan fingerprint density at radius 1 is 1.16 bits per heavy atom. The van der Waals surface area contributed by atoms with Gasteiger partial charge in [-0.05, 0) is 42.1 Å². The molecule has 0 radical (unpaired) electrons. The van der Waals surface area contributed by atoms with Crippen LogP contribution in [0.4, 0.5) is 0 Å². The number of nitrogens with one attached hydrogen (secondary N) is 2. The predicted octanol–water partition coefficient (Wildman–Crippen LogP) is 3.61. The molecule has 3 aromatic rings. The van der Waals surface area contributed by atoms with Gasteiger partial charge in [-0.15, -0.1) is 11.3 Å². The Balaban J connectivity index is 1.25. The Morgan fingerprint density at radius 2 is 1.94 bits per heavy atom. The van der Waals surface area contributed by atoms with Crippen LogP contribution in [0.2, 0.25) is 0 Å². The molecule has 1 aliphatic rings. The molecular weight excluding hydrogens is 430 g/mol. The number of rotatable bonds is 7. The monoisotopic (exact) mass is 455 g/mol. The summed E-state index contributed by atoms with van der Waals surface area (Å²) in [5.74, 6) is 0.881. The Bertz CT molecular complexity index is 1070. The van der Waals surface area contributed by atoms with Crippen LogP contribution in [0.1, 0.15) is 24.8 Å². The molecule has 0 unspecified atom stereocenters. The van der Waals surface area contributed by atoms with Crippen molar-refractivity contribution in [3.05, 3.63) is 58.2 Å². The summed E-state index contributed by atoms with van der Waals surface area (Å²) in [6, 6.07) is 13.8. The van der Waals surface area contributed by atoms with Gasteiger partial charge in [0.15, 0.2) is 10.6 Å². The quantitative estimate of drug-likeness (QED) is 0.533. The van der Waals surface area contributed by atoms with E-state index in [-0.39, 0.29) is 17.7 Å². The van der Waals surface area contributed by atoms with Gasteiger partial charge in [0, 0.05) is 38.5 Å². The molecule has 9 heteroatoms. The first-order valence-electron chi connectivity index (χ1n) is 10.4. The molecule has 162 valence electrons. The van der Waals surface area contributed by atoms with Crippen LogP contribution in [0, 0.1) is 10.7 Å². The fourth-order valence-corrected chi connectivity index (χ4v) is 4.75. The van der Waals surface area contributed by atoms with Gasteiger partial charge in [0.2, 0.25) is 11.8 Å². The highest BCUT2D eigenvalue weighted by Gasteiger charge is 2.27. The van der Waals surface area contributed by atoms with Gasteiger partial charge in [-0.1, -0.05) is 36.4 Å². The van der Waals surface area contributed by atoms with Crippen molar-refractivity contribution in [2.24, 2.45) is 5.92 Å². The minimum absolute atomic E-state index is 0.0410. The number of carbonyl (C=O) groups is 2. The number of amides is 2. The number of hydrogen-bond donors (Lipinski definition) is 2. The highest BCUT2D eigenvalue weighted by molar-refractivity contribution is 7.71. The molecule has 0 saturated carbocycles. The normalized spacial score (nSPS) is 14.5. The molecule has 2 amide bonds. The lowest BCUT2D eigenvalue weighted by Gasteiger charge is -2.31. The first kappa shape index (κ1) is 21.5. The summed E-state index contributed by atoms with van der Waals surface area (Å²) in [6.07, 6.45) is 1.74. The lowest BCUT2D eigenvalue weighted by atomic mass is 9.95. The number of piperidine rings is 1. The van der Waals surface area contributed by atoms with E-state index in [9.17, 15) is 9.59 Å². The Hall–Kier alpha value is -2.78. The van der Waals surface area contributed by atoms with Crippen LogP contribution in [0.15, 0.2) is 47.8 Å². The summed E-state index contributed by atoms with van der Waals surface area (Å²) in [5.41, 5.74) is 1.09. The zero-order chi connectivity index (χ0) is 21.6. The van der Waals surface area contributed by atoms with Crippen LogP contribution in [-0.2, 0) is 22.7 Å². The van der Waals surface area contributed by atoms with E-state index in [0.29, 0.717) is 50.2 Å². The number of aromatic nitrogens is 3. The van der Waals surface area contributed by atoms with Crippen molar-refractivity contribution >= 4 is 35.4 Å². The van der Waals surface area contributed by atoms with Crippen molar-refractivity contribution in [1.82, 2.24) is 25.0 Å². The second-order valence-electron chi connectivity index (χ2n) is 7.59. The topological polar surface area (TPSA) is 83.0 Å². The zero-order valence-corrected chi connectivity index (χ0v) is 18.8. The average Bonchev–Trinajstić information content (AvgIpc) is 3.46. The van der Waals surface area contributed by atoms with Crippen LogP contribution in [0.25, 0.3) is 10.7 Å². The second-order valence-corrected chi connectivity index (χ2v) is 8.92. The molecule has 7 nitrogen and oxygen atoms in total. The maximum Gasteiger partial charge on any atom is 0.224 e. The maximum absolute atomic E-state index is 12.7. The molecule has 2 N–H and O–H groups in total. The number of H-pyrrole nitrogens is 1. The first-order chi connectivity index (χ1) is 15.1. The fraction of sp³-hybridized carbons (Fsp3) is 0.364. The van der Waals surface area contributed by atoms with Gasteiger partial charge in [0.05, 0.1) is 4.88 Å². The van der Waals surface area contributed by atoms with Crippen LogP contribution in [0.5, 0.6) is 0 Å². The van der Waals surface area contributed by atoms with Crippen LogP contribution in [-0.4, -0.2) is 44.6 Å². The van der Waals surface area contributed by atoms with Crippen LogP contribution < -0.4 is 5.32 Å². The van der Waals surface area contributed by atoms with Gasteiger partial charge in [0.1, 0.15) is 0 Å². The summed E-state index contributed by atoms with van der Waals surface area (Å²) in [6.45, 7) is 2.24. The third-order valence-corrected chi connectivity index (χ3v) is 6.75. The van der Waals surface area contributed by atoms with Crippen LogP contribution >= 0.6 is 23.6 Å². The molecule has 1 saturated heterocycles. The molecule has 3 heterocycles. The smallest absolute Gasteiger partial charge is 0.224 e. The van der Waals surface area contributed by atoms with E-state index in [2.05, 4.69) is 15.5 Å². The van der Waals surface area contributed by atoms with E-state index in [1.807, 2.05) is 57.3 Å². The number of aromatic amines is 1. The van der Waals surface area contributed by atoms with E-state index in [4.69, 9.17) is 12.2 Å². The Kier molecular flexibility index (Phi) is 6.93. The Morgan fingerprint density at radius 3 is 2.65 bits per heavy atom. The number of thiophene rings is 1. The zero-order valence-electron chi connectivity index (χ0n) is 17.1. The van der Waals surface area contributed by atoms with Gasteiger partial charge in [-0.3, -0.25) is 19.3 Å². The third-order valence-electron chi connectivity index (χ3n) is 5.58. The lowest BCUT2D eigenvalue weighted by molar-refractivity contribution is -0.135. The Labute approximate surface area is 190 Å². The molecule has 1 aromatic carbocycles. The van der Waals surface area contributed by atoms with Crippen LogP contribution in [0.3, 0.4) is 0 Å². The molecule has 31 heavy (non-hydrogen) atoms. The molecule has 1 fully saturated rings. The summed E-state index contributed by atoms with van der Waals surface area (Å²) in [4.78, 5) is 28.1. The number of benzene rings is 1. The van der Waals surface area contributed by atoms with Crippen molar-refractivity contribution in [1.29, 1.82) is 0 Å². The lowest BCUT2D eigenvalue weighted by Crippen LogP contribution is -2.43. The van der Waals surface area contributed by atoms with E-state index in [1.54, 1.807) is 11.3 Å². The number of nitrogens with zero attached hydrogens (tertiary/aromatic N) is 3. The van der Waals surface area contributed by atoms with Gasteiger partial charge < -0.3 is 10.2 Å². The highest BCUT2D eigenvalue weighted by atomic mass is 32.1. The molecule has 0 aliphatic carbocycles. The largest absolute Gasteiger partial charge is 0.352 e. The van der Waals surface area contributed by atoms with E-state index >= 15 is 0 Å². The summed E-state index contributed by atoms with van der Waals surface area (Å²) < 4.78 is 2.40. The summed E-state index contributed by atoms with van der Waals surface area (Å²) in [5, 5.41) is 12.1. The van der Waals surface area contributed by atoms with Crippen molar-refractivity contribution < 1.29 is 9.59 Å². The first-order valence-corrected chi connectivity index (χ1v) is 11.7. The van der Waals surface area contributed by atoms with Gasteiger partial charge in [-0.2, -0.15) is 5.10 Å². The molecule has 1 aliphatic heterocycles. The molecule has 0 spiro atoms. The minimum Gasteiger partial charge on any atom is -0.352 e. The highest BCUT2D eigenvalue weighted by Crippen LogP contribution is 2.23. The predicted molar refractivity (Wildman–Crippen MR) is 123 cm³/mol. The SMILES string of the molecule is O=C(NCc1ccccc1)C1CCN(C(=O)CCn2c(-c3cccs3)n[nH]c2=S)CC1. The van der Waals surface area contributed by atoms with Crippen molar-refractivity contribution in [2.75, 3.05) is 13.1 Å². The second kappa shape index (κ2) is 10.0. The van der Waals surface area contributed by atoms with Gasteiger partial charge in [0.25, 0.3) is 0 Å². The summed E-state index contributed by atoms with van der Waals surface area (Å²) in [7, 11) is 0. The number of likely N-dealkylation sites (tertiary alicyclic amines) is 1. The van der Waals surface area contributed by atoms with Gasteiger partial charge in [-0.25, -0.2) is 0 Å². The van der Waals surface area contributed by atoms with Crippen molar-refractivity contribution in [3.8, 4) is 10.7 Å². The third kappa shape index (κ3) is 5.29. The van der Waals surface area contributed by atoms with E-state index in [0.717, 1.165) is 16.3 Å². The maximum atomic E-state index is 12.7. The average molecular weight is 456 g/mol. The van der Waals surface area contributed by atoms with Gasteiger partial charge >= 0.3 is 0 Å². The van der Waals surface area contributed by atoms with E-state index in [1.165, 1.54) is 0 Å². The molecule has 2 aromatic heterocycles. The van der Waals surface area contributed by atoms with Crippen molar-refractivity contribution in [3.63, 3.8) is 0 Å². The fourth-order valence-electron chi connectivity index (χ4n) is 3.81.